The van der Waals surface area contributed by atoms with Gasteiger partial charge in [0.1, 0.15) is 0 Å². The number of rotatable bonds is 4. The van der Waals surface area contributed by atoms with Crippen molar-refractivity contribution in [3.8, 4) is 0 Å². The maximum Gasteiger partial charge on any atom is 0.308 e. The number of likely N-dealkylation sites (N-methyl/N-ethyl adjacent to an activating group) is 1. The summed E-state index contributed by atoms with van der Waals surface area (Å²) < 4.78 is 0. The van der Waals surface area contributed by atoms with Crippen LogP contribution in [0.4, 0.5) is 0 Å². The highest BCUT2D eigenvalue weighted by Gasteiger charge is 2.37. The molecule has 0 bridgehead atoms. The smallest absolute Gasteiger partial charge is 0.308 e. The van der Waals surface area contributed by atoms with Crippen LogP contribution in [0.1, 0.15) is 42.7 Å². The first-order chi connectivity index (χ1) is 9.19. The minimum Gasteiger partial charge on any atom is -0.481 e. The van der Waals surface area contributed by atoms with Gasteiger partial charge < -0.3 is 10.0 Å². The van der Waals surface area contributed by atoms with Crippen molar-refractivity contribution < 1.29 is 9.90 Å². The quantitative estimate of drug-likeness (QED) is 0.903. The van der Waals surface area contributed by atoms with E-state index < -0.39 is 5.97 Å². The lowest BCUT2D eigenvalue weighted by Crippen LogP contribution is -2.23. The number of hydrogen-bond donors (Lipinski definition) is 1. The van der Waals surface area contributed by atoms with Gasteiger partial charge in [-0.15, -0.1) is 0 Å². The summed E-state index contributed by atoms with van der Waals surface area (Å²) in [4.78, 5) is 13.6. The second-order valence-electron chi connectivity index (χ2n) is 5.84. The highest BCUT2D eigenvalue weighted by Crippen LogP contribution is 2.41. The van der Waals surface area contributed by atoms with Crippen molar-refractivity contribution in [3.63, 3.8) is 0 Å². The van der Waals surface area contributed by atoms with E-state index in [2.05, 4.69) is 36.1 Å². The van der Waals surface area contributed by atoms with Gasteiger partial charge in [-0.25, -0.2) is 0 Å². The average Bonchev–Trinajstić information content (AvgIpc) is 3.17. The highest BCUT2D eigenvalue weighted by molar-refractivity contribution is 5.72. The zero-order valence-corrected chi connectivity index (χ0v) is 11.4. The maximum absolute atomic E-state index is 11.4. The van der Waals surface area contributed by atoms with Crippen molar-refractivity contribution in [2.75, 3.05) is 19.6 Å². The van der Waals surface area contributed by atoms with E-state index in [0.717, 1.165) is 19.0 Å². The van der Waals surface area contributed by atoms with Crippen molar-refractivity contribution >= 4 is 5.97 Å². The third kappa shape index (κ3) is 2.52. The van der Waals surface area contributed by atoms with Crippen molar-refractivity contribution in [1.82, 2.24) is 4.90 Å². The lowest BCUT2D eigenvalue weighted by molar-refractivity contribution is -0.141. The molecular formula is C16H21NO2. The molecule has 102 valence electrons. The summed E-state index contributed by atoms with van der Waals surface area (Å²) in [6.07, 6.45) is 2.62. The van der Waals surface area contributed by atoms with E-state index >= 15 is 0 Å². The summed E-state index contributed by atoms with van der Waals surface area (Å²) in [5.74, 6) is -0.00955. The lowest BCUT2D eigenvalue weighted by atomic mass is 9.88. The van der Waals surface area contributed by atoms with Crippen LogP contribution in [0, 0.1) is 5.92 Å². The molecule has 1 aromatic carbocycles. The first-order valence-electron chi connectivity index (χ1n) is 7.24. The molecule has 1 N–H and O–H groups in total. The molecule has 1 aliphatic heterocycles. The molecule has 3 rings (SSSR count). The van der Waals surface area contributed by atoms with Gasteiger partial charge in [-0.1, -0.05) is 31.2 Å². The minimum absolute atomic E-state index is 0.144. The van der Waals surface area contributed by atoms with Crippen LogP contribution in [0.15, 0.2) is 24.3 Å². The highest BCUT2D eigenvalue weighted by atomic mass is 16.4. The Hall–Kier alpha value is -1.35. The molecule has 2 unspecified atom stereocenters. The van der Waals surface area contributed by atoms with Crippen LogP contribution < -0.4 is 0 Å². The van der Waals surface area contributed by atoms with Crippen LogP contribution in [-0.4, -0.2) is 35.6 Å². The Balaban J connectivity index is 1.80. The summed E-state index contributed by atoms with van der Waals surface area (Å²) in [7, 11) is 0. The molecule has 1 aromatic rings. The largest absolute Gasteiger partial charge is 0.481 e. The van der Waals surface area contributed by atoms with Crippen LogP contribution in [0.5, 0.6) is 0 Å². The van der Waals surface area contributed by atoms with Crippen LogP contribution in [-0.2, 0) is 4.79 Å². The Labute approximate surface area is 114 Å². The predicted octanol–water partition coefficient (Wildman–Crippen LogP) is 2.68. The number of aliphatic carboxylic acids is 1. The van der Waals surface area contributed by atoms with Crippen molar-refractivity contribution in [2.45, 2.75) is 31.6 Å². The summed E-state index contributed by atoms with van der Waals surface area (Å²) in [6, 6.07) is 8.68. The Kier molecular flexibility index (Phi) is 3.31. The molecule has 1 saturated heterocycles. The van der Waals surface area contributed by atoms with Crippen LogP contribution in [0.3, 0.4) is 0 Å². The van der Waals surface area contributed by atoms with Gasteiger partial charge in [-0.05, 0) is 36.4 Å². The fourth-order valence-corrected chi connectivity index (χ4v) is 3.16. The molecule has 2 aliphatic rings. The molecule has 0 radical (unpaired) electrons. The summed E-state index contributed by atoms with van der Waals surface area (Å²) in [5.41, 5.74) is 2.61. The number of carboxylic acids is 1. The number of likely N-dealkylation sites (tertiary alicyclic amines) is 1. The molecule has 2 fully saturated rings. The predicted molar refractivity (Wildman–Crippen MR) is 74.4 cm³/mol. The van der Waals surface area contributed by atoms with Crippen molar-refractivity contribution in [1.29, 1.82) is 0 Å². The minimum atomic E-state index is -0.660. The number of hydrogen-bond acceptors (Lipinski definition) is 2. The molecule has 1 aliphatic carbocycles. The van der Waals surface area contributed by atoms with E-state index in [1.807, 2.05) is 0 Å². The second kappa shape index (κ2) is 4.97. The zero-order valence-electron chi connectivity index (χ0n) is 11.4. The van der Waals surface area contributed by atoms with Crippen molar-refractivity contribution in [3.05, 3.63) is 35.4 Å². The third-order valence-corrected chi connectivity index (χ3v) is 4.57. The van der Waals surface area contributed by atoms with Crippen LogP contribution in [0.2, 0.25) is 0 Å². The van der Waals surface area contributed by atoms with Gasteiger partial charge in [0.05, 0.1) is 5.92 Å². The summed E-state index contributed by atoms with van der Waals surface area (Å²) in [6.45, 7) is 4.58. The zero-order chi connectivity index (χ0) is 13.4. The van der Waals surface area contributed by atoms with Crippen LogP contribution >= 0.6 is 0 Å². The van der Waals surface area contributed by atoms with Gasteiger partial charge in [-0.3, -0.25) is 4.79 Å². The number of carbonyl (C=O) groups is 1. The molecule has 3 nitrogen and oxygen atoms in total. The standard InChI is InChI=1S/C16H21NO2/c1-2-17-9-14(15(10-17)16(18)19)13-7-5-12(6-8-13)11-3-4-11/h5-8,11,14-15H,2-4,9-10H2,1H3,(H,18,19). The van der Waals surface area contributed by atoms with Gasteiger partial charge in [0, 0.05) is 19.0 Å². The Bertz CT molecular complexity index is 464. The molecule has 1 saturated carbocycles. The van der Waals surface area contributed by atoms with E-state index in [1.165, 1.54) is 24.0 Å². The van der Waals surface area contributed by atoms with Gasteiger partial charge in [0.25, 0.3) is 0 Å². The van der Waals surface area contributed by atoms with Gasteiger partial charge in [0.2, 0.25) is 0 Å². The number of carboxylic acid groups (broad SMARTS) is 1. The Morgan fingerprint density at radius 1 is 1.21 bits per heavy atom. The lowest BCUT2D eigenvalue weighted by Gasteiger charge is -2.15. The molecular weight excluding hydrogens is 238 g/mol. The molecule has 0 amide bonds. The second-order valence-corrected chi connectivity index (χ2v) is 5.84. The number of nitrogens with zero attached hydrogens (tertiary/aromatic N) is 1. The Morgan fingerprint density at radius 3 is 2.37 bits per heavy atom. The normalized spacial score (nSPS) is 27.6. The van der Waals surface area contributed by atoms with Crippen LogP contribution in [0.25, 0.3) is 0 Å². The SMILES string of the molecule is CCN1CC(C(=O)O)C(c2ccc(C3CC3)cc2)C1. The number of benzene rings is 1. The van der Waals surface area contributed by atoms with Gasteiger partial charge in [0.15, 0.2) is 0 Å². The molecule has 0 spiro atoms. The van der Waals surface area contributed by atoms with Gasteiger partial charge in [-0.2, -0.15) is 0 Å². The monoisotopic (exact) mass is 259 g/mol. The first-order valence-corrected chi connectivity index (χ1v) is 7.24. The molecule has 1 heterocycles. The van der Waals surface area contributed by atoms with E-state index in [1.54, 1.807) is 0 Å². The summed E-state index contributed by atoms with van der Waals surface area (Å²) in [5, 5.41) is 9.38. The average molecular weight is 259 g/mol. The van der Waals surface area contributed by atoms with Gasteiger partial charge >= 0.3 is 5.97 Å². The van der Waals surface area contributed by atoms with Crippen molar-refractivity contribution in [2.24, 2.45) is 5.92 Å². The van der Waals surface area contributed by atoms with E-state index in [-0.39, 0.29) is 11.8 Å². The van der Waals surface area contributed by atoms with E-state index in [0.29, 0.717) is 6.54 Å². The fraction of sp³-hybridized carbons (Fsp3) is 0.562. The first kappa shape index (κ1) is 12.7. The summed E-state index contributed by atoms with van der Waals surface area (Å²) >= 11 is 0. The molecule has 19 heavy (non-hydrogen) atoms. The fourth-order valence-electron chi connectivity index (χ4n) is 3.16. The Morgan fingerprint density at radius 2 is 1.84 bits per heavy atom. The topological polar surface area (TPSA) is 40.5 Å². The molecule has 2 atom stereocenters. The van der Waals surface area contributed by atoms with E-state index in [4.69, 9.17) is 0 Å². The molecule has 3 heteroatoms. The third-order valence-electron chi connectivity index (χ3n) is 4.57. The maximum atomic E-state index is 11.4. The van der Waals surface area contributed by atoms with E-state index in [9.17, 15) is 9.90 Å². The molecule has 0 aromatic heterocycles.